The van der Waals surface area contributed by atoms with Crippen LogP contribution in [0.25, 0.3) is 0 Å². The zero-order valence-corrected chi connectivity index (χ0v) is 13.2. The number of anilines is 1. The molecule has 2 aromatic rings. The van der Waals surface area contributed by atoms with E-state index < -0.39 is 16.6 Å². The van der Waals surface area contributed by atoms with Gasteiger partial charge in [-0.3, -0.25) is 20.2 Å². The zero-order valence-electron chi connectivity index (χ0n) is 12.4. The number of nitrogens with one attached hydrogen (secondary N) is 2. The van der Waals surface area contributed by atoms with Gasteiger partial charge in [-0.1, -0.05) is 0 Å². The minimum absolute atomic E-state index is 0.0310. The topological polar surface area (TPSA) is 93.5 Å². The molecule has 0 radical (unpaired) electrons. The molecule has 0 aliphatic carbocycles. The summed E-state index contributed by atoms with van der Waals surface area (Å²) in [6, 6.07) is 8.87. The van der Waals surface area contributed by atoms with Crippen LogP contribution in [0.4, 0.5) is 15.8 Å². The predicted octanol–water partition coefficient (Wildman–Crippen LogP) is 2.87. The van der Waals surface area contributed by atoms with E-state index in [9.17, 15) is 19.3 Å². The number of nitro benzene ring substituents is 1. The van der Waals surface area contributed by atoms with Gasteiger partial charge in [0.1, 0.15) is 11.6 Å². The van der Waals surface area contributed by atoms with Gasteiger partial charge in [-0.05, 0) is 42.5 Å². The maximum Gasteiger partial charge on any atom is 0.273 e. The van der Waals surface area contributed by atoms with Crippen molar-refractivity contribution in [1.29, 1.82) is 0 Å². The first-order valence-corrected chi connectivity index (χ1v) is 7.02. The average Bonchev–Trinajstić information content (AvgIpc) is 2.55. The summed E-state index contributed by atoms with van der Waals surface area (Å²) in [5.74, 6) is -0.779. The molecule has 0 atom stereocenters. The SMILES string of the molecule is COc1cc([N+](=O)[O-])ccc1NC(=S)NC(=O)c1ccc(F)cc1. The van der Waals surface area contributed by atoms with Gasteiger partial charge in [0.15, 0.2) is 5.11 Å². The Labute approximate surface area is 141 Å². The van der Waals surface area contributed by atoms with Crippen LogP contribution >= 0.6 is 12.2 Å². The number of halogens is 1. The predicted molar refractivity (Wildman–Crippen MR) is 89.7 cm³/mol. The molecule has 0 aromatic heterocycles. The highest BCUT2D eigenvalue weighted by atomic mass is 32.1. The number of non-ortho nitro benzene ring substituents is 1. The number of hydrogen-bond donors (Lipinski definition) is 2. The number of nitro groups is 1. The first-order valence-electron chi connectivity index (χ1n) is 6.61. The quantitative estimate of drug-likeness (QED) is 0.501. The number of amides is 1. The monoisotopic (exact) mass is 349 g/mol. The Morgan fingerprint density at radius 3 is 2.50 bits per heavy atom. The van der Waals surface area contributed by atoms with E-state index in [1.165, 1.54) is 37.4 Å². The minimum atomic E-state index is -0.555. The fraction of sp³-hybridized carbons (Fsp3) is 0.0667. The van der Waals surface area contributed by atoms with Gasteiger partial charge >= 0.3 is 0 Å². The van der Waals surface area contributed by atoms with Crippen LogP contribution in [0.3, 0.4) is 0 Å². The van der Waals surface area contributed by atoms with Crippen LogP contribution in [0.2, 0.25) is 0 Å². The molecule has 2 rings (SSSR count). The summed E-state index contributed by atoms with van der Waals surface area (Å²) in [6.07, 6.45) is 0. The Hall–Kier alpha value is -3.07. The third-order valence-electron chi connectivity index (χ3n) is 2.98. The lowest BCUT2D eigenvalue weighted by molar-refractivity contribution is -0.384. The molecule has 24 heavy (non-hydrogen) atoms. The molecule has 0 heterocycles. The highest BCUT2D eigenvalue weighted by Crippen LogP contribution is 2.28. The lowest BCUT2D eigenvalue weighted by Crippen LogP contribution is -2.34. The molecule has 0 saturated carbocycles. The summed E-state index contributed by atoms with van der Waals surface area (Å²) in [7, 11) is 1.35. The summed E-state index contributed by atoms with van der Waals surface area (Å²) < 4.78 is 17.9. The van der Waals surface area contributed by atoms with Crippen molar-refractivity contribution >= 4 is 34.6 Å². The van der Waals surface area contributed by atoms with Crippen molar-refractivity contribution in [2.75, 3.05) is 12.4 Å². The van der Waals surface area contributed by atoms with Gasteiger partial charge in [0.05, 0.1) is 23.8 Å². The van der Waals surface area contributed by atoms with Crippen LogP contribution in [0.5, 0.6) is 5.75 Å². The van der Waals surface area contributed by atoms with Gasteiger partial charge < -0.3 is 10.1 Å². The number of rotatable bonds is 4. The molecule has 0 aliphatic rings. The second kappa shape index (κ2) is 7.47. The van der Waals surface area contributed by atoms with Crippen LogP contribution in [0.1, 0.15) is 10.4 Å². The lowest BCUT2D eigenvalue weighted by Gasteiger charge is -2.12. The summed E-state index contributed by atoms with van der Waals surface area (Å²) in [5, 5.41) is 15.9. The smallest absolute Gasteiger partial charge is 0.273 e. The van der Waals surface area contributed by atoms with Crippen LogP contribution < -0.4 is 15.4 Å². The van der Waals surface area contributed by atoms with Gasteiger partial charge in [-0.2, -0.15) is 0 Å². The van der Waals surface area contributed by atoms with Crippen molar-refractivity contribution < 1.29 is 18.8 Å². The molecule has 2 N–H and O–H groups in total. The second-order valence-electron chi connectivity index (χ2n) is 4.56. The van der Waals surface area contributed by atoms with Crippen LogP contribution in [0.15, 0.2) is 42.5 Å². The highest BCUT2D eigenvalue weighted by Gasteiger charge is 2.13. The molecule has 0 bridgehead atoms. The number of methoxy groups -OCH3 is 1. The maximum absolute atomic E-state index is 12.8. The van der Waals surface area contributed by atoms with E-state index in [0.717, 1.165) is 12.1 Å². The molecule has 0 saturated heterocycles. The van der Waals surface area contributed by atoms with E-state index >= 15 is 0 Å². The fourth-order valence-electron chi connectivity index (χ4n) is 1.83. The largest absolute Gasteiger partial charge is 0.494 e. The number of carbonyl (C=O) groups excluding carboxylic acids is 1. The zero-order chi connectivity index (χ0) is 17.7. The van der Waals surface area contributed by atoms with Crippen molar-refractivity contribution in [3.63, 3.8) is 0 Å². The van der Waals surface area contributed by atoms with E-state index in [0.29, 0.717) is 5.69 Å². The van der Waals surface area contributed by atoms with Crippen molar-refractivity contribution in [2.45, 2.75) is 0 Å². The van der Waals surface area contributed by atoms with Crippen molar-refractivity contribution in [3.8, 4) is 5.75 Å². The number of hydrogen-bond acceptors (Lipinski definition) is 5. The van der Waals surface area contributed by atoms with Crippen LogP contribution in [0, 0.1) is 15.9 Å². The van der Waals surface area contributed by atoms with E-state index in [1.807, 2.05) is 0 Å². The van der Waals surface area contributed by atoms with Crippen LogP contribution in [-0.2, 0) is 0 Å². The lowest BCUT2D eigenvalue weighted by atomic mass is 10.2. The van der Waals surface area contributed by atoms with E-state index in [1.54, 1.807) is 0 Å². The third-order valence-corrected chi connectivity index (χ3v) is 3.18. The van der Waals surface area contributed by atoms with Gasteiger partial charge in [0, 0.05) is 11.6 Å². The Morgan fingerprint density at radius 1 is 1.25 bits per heavy atom. The first-order chi connectivity index (χ1) is 11.4. The van der Waals surface area contributed by atoms with Crippen molar-refractivity contribution in [2.24, 2.45) is 0 Å². The Kier molecular flexibility index (Phi) is 5.38. The molecule has 124 valence electrons. The molecular formula is C15H12FN3O4S. The molecule has 1 amide bonds. The highest BCUT2D eigenvalue weighted by molar-refractivity contribution is 7.80. The summed E-state index contributed by atoms with van der Waals surface area (Å²) in [6.45, 7) is 0. The fourth-order valence-corrected chi connectivity index (χ4v) is 2.03. The number of ether oxygens (including phenoxy) is 1. The summed E-state index contributed by atoms with van der Waals surface area (Å²) in [5.41, 5.74) is 0.447. The first kappa shape index (κ1) is 17.3. The molecule has 7 nitrogen and oxygen atoms in total. The van der Waals surface area contributed by atoms with Gasteiger partial charge in [0.2, 0.25) is 0 Å². The average molecular weight is 349 g/mol. The normalized spacial score (nSPS) is 9.92. The molecule has 0 unspecified atom stereocenters. The van der Waals surface area contributed by atoms with E-state index in [2.05, 4.69) is 10.6 Å². The van der Waals surface area contributed by atoms with Gasteiger partial charge in [0.25, 0.3) is 11.6 Å². The minimum Gasteiger partial charge on any atom is -0.494 e. The number of carbonyl (C=O) groups is 1. The number of thiocarbonyl (C=S) groups is 1. The Balaban J connectivity index is 2.08. The number of benzene rings is 2. The standard InChI is InChI=1S/C15H12FN3O4S/c1-23-13-8-11(19(21)22)6-7-12(13)17-15(24)18-14(20)9-2-4-10(16)5-3-9/h2-8H,1H3,(H2,17,18,20,24). The van der Waals surface area contributed by atoms with E-state index in [-0.39, 0.29) is 22.1 Å². The Morgan fingerprint density at radius 2 is 1.92 bits per heavy atom. The van der Waals surface area contributed by atoms with Crippen molar-refractivity contribution in [1.82, 2.24) is 5.32 Å². The molecule has 0 spiro atoms. The summed E-state index contributed by atoms with van der Waals surface area (Å²) in [4.78, 5) is 22.2. The third kappa shape index (κ3) is 4.23. The molecule has 0 fully saturated rings. The van der Waals surface area contributed by atoms with E-state index in [4.69, 9.17) is 17.0 Å². The maximum atomic E-state index is 12.8. The number of nitrogens with zero attached hydrogens (tertiary/aromatic N) is 1. The van der Waals surface area contributed by atoms with Gasteiger partial charge in [-0.15, -0.1) is 0 Å². The molecule has 2 aromatic carbocycles. The Bertz CT molecular complexity index is 796. The van der Waals surface area contributed by atoms with Crippen molar-refractivity contribution in [3.05, 3.63) is 64.0 Å². The molecule has 0 aliphatic heterocycles. The molecular weight excluding hydrogens is 337 g/mol. The van der Waals surface area contributed by atoms with Crippen LogP contribution in [-0.4, -0.2) is 23.1 Å². The summed E-state index contributed by atoms with van der Waals surface area (Å²) >= 11 is 5.02. The van der Waals surface area contributed by atoms with Gasteiger partial charge in [-0.25, -0.2) is 4.39 Å². The second-order valence-corrected chi connectivity index (χ2v) is 4.97. The molecule has 9 heteroatoms.